The largest absolute Gasteiger partial charge is 0.323 e. The van der Waals surface area contributed by atoms with Crippen molar-refractivity contribution in [1.29, 1.82) is 0 Å². The van der Waals surface area contributed by atoms with Gasteiger partial charge in [-0.2, -0.15) is 0 Å². The Morgan fingerprint density at radius 3 is 2.82 bits per heavy atom. The molecule has 1 heterocycles. The number of halogens is 1. The highest BCUT2D eigenvalue weighted by molar-refractivity contribution is 6.32. The summed E-state index contributed by atoms with van der Waals surface area (Å²) in [5.74, 6) is 0.0131. The van der Waals surface area contributed by atoms with E-state index in [-0.39, 0.29) is 5.91 Å². The molecule has 1 rings (SSSR count). The van der Waals surface area contributed by atoms with Crippen molar-refractivity contribution in [1.82, 2.24) is 4.98 Å². The standard InChI is InChI=1S/C13H19ClN2O/c1-3-4-5-6-7-11(17)16-12-10(2)8-9-15-13(12)14/h8-9H,3-7H2,1-2H3,(H,16,17). The first-order valence-corrected chi connectivity index (χ1v) is 6.44. The third kappa shape index (κ3) is 4.73. The number of rotatable bonds is 6. The highest BCUT2D eigenvalue weighted by atomic mass is 35.5. The monoisotopic (exact) mass is 254 g/mol. The maximum absolute atomic E-state index is 11.7. The SMILES string of the molecule is CCCCCCC(=O)Nc1c(C)ccnc1Cl. The Labute approximate surface area is 108 Å². The van der Waals surface area contributed by atoms with E-state index in [0.717, 1.165) is 18.4 Å². The molecule has 3 nitrogen and oxygen atoms in total. The minimum absolute atomic E-state index is 0.0131. The van der Waals surface area contributed by atoms with Crippen LogP contribution in [0, 0.1) is 6.92 Å². The van der Waals surface area contributed by atoms with E-state index in [1.54, 1.807) is 6.20 Å². The first kappa shape index (κ1) is 14.0. The Morgan fingerprint density at radius 1 is 1.41 bits per heavy atom. The molecule has 0 spiro atoms. The van der Waals surface area contributed by atoms with Crippen molar-refractivity contribution < 1.29 is 4.79 Å². The van der Waals surface area contributed by atoms with Crippen LogP contribution >= 0.6 is 11.6 Å². The van der Waals surface area contributed by atoms with E-state index >= 15 is 0 Å². The van der Waals surface area contributed by atoms with Gasteiger partial charge >= 0.3 is 0 Å². The maximum Gasteiger partial charge on any atom is 0.224 e. The summed E-state index contributed by atoms with van der Waals surface area (Å²) in [5, 5.41) is 3.18. The molecule has 4 heteroatoms. The number of aromatic nitrogens is 1. The number of pyridine rings is 1. The second-order valence-corrected chi connectivity index (χ2v) is 4.51. The number of hydrogen-bond acceptors (Lipinski definition) is 2. The van der Waals surface area contributed by atoms with E-state index in [0.29, 0.717) is 17.3 Å². The van der Waals surface area contributed by atoms with E-state index in [1.165, 1.54) is 12.8 Å². The van der Waals surface area contributed by atoms with Gasteiger partial charge in [0, 0.05) is 12.6 Å². The first-order valence-electron chi connectivity index (χ1n) is 6.06. The van der Waals surface area contributed by atoms with Crippen molar-refractivity contribution in [2.24, 2.45) is 0 Å². The lowest BCUT2D eigenvalue weighted by atomic mass is 10.1. The van der Waals surface area contributed by atoms with E-state index in [1.807, 2.05) is 13.0 Å². The van der Waals surface area contributed by atoms with Crippen molar-refractivity contribution in [3.05, 3.63) is 23.0 Å². The van der Waals surface area contributed by atoms with Crippen LogP contribution in [-0.2, 0) is 4.79 Å². The highest BCUT2D eigenvalue weighted by Crippen LogP contribution is 2.22. The van der Waals surface area contributed by atoms with Gasteiger partial charge in [-0.15, -0.1) is 0 Å². The smallest absolute Gasteiger partial charge is 0.224 e. The van der Waals surface area contributed by atoms with Crippen LogP contribution in [0.25, 0.3) is 0 Å². The molecule has 0 bridgehead atoms. The molecule has 17 heavy (non-hydrogen) atoms. The molecule has 94 valence electrons. The number of anilines is 1. The van der Waals surface area contributed by atoms with E-state index in [4.69, 9.17) is 11.6 Å². The van der Waals surface area contributed by atoms with Gasteiger partial charge in [0.2, 0.25) is 5.91 Å². The lowest BCUT2D eigenvalue weighted by Gasteiger charge is -2.09. The Bertz CT molecular complexity index is 359. The van der Waals surface area contributed by atoms with Gasteiger partial charge in [-0.1, -0.05) is 37.8 Å². The summed E-state index contributed by atoms with van der Waals surface area (Å²) in [5.41, 5.74) is 1.57. The minimum Gasteiger partial charge on any atom is -0.323 e. The number of nitrogens with one attached hydrogen (secondary N) is 1. The summed E-state index contributed by atoms with van der Waals surface area (Å²) < 4.78 is 0. The molecule has 1 aromatic heterocycles. The molecule has 0 aliphatic carbocycles. The van der Waals surface area contributed by atoms with Crippen LogP contribution in [0.3, 0.4) is 0 Å². The summed E-state index contributed by atoms with van der Waals surface area (Å²) in [4.78, 5) is 15.6. The Balaban J connectivity index is 2.45. The van der Waals surface area contributed by atoms with Crippen molar-refractivity contribution in [2.75, 3.05) is 5.32 Å². The molecular formula is C13H19ClN2O. The number of aryl methyl sites for hydroxylation is 1. The molecule has 0 radical (unpaired) electrons. The lowest BCUT2D eigenvalue weighted by molar-refractivity contribution is -0.116. The molecule has 0 unspecified atom stereocenters. The van der Waals surface area contributed by atoms with Crippen LogP contribution < -0.4 is 5.32 Å². The topological polar surface area (TPSA) is 42.0 Å². The lowest BCUT2D eigenvalue weighted by Crippen LogP contribution is -2.12. The van der Waals surface area contributed by atoms with Gasteiger partial charge in [0.1, 0.15) is 0 Å². The predicted octanol–water partition coefficient (Wildman–Crippen LogP) is 3.95. The highest BCUT2D eigenvalue weighted by Gasteiger charge is 2.08. The van der Waals surface area contributed by atoms with E-state index in [9.17, 15) is 4.79 Å². The van der Waals surface area contributed by atoms with E-state index in [2.05, 4.69) is 17.2 Å². The number of nitrogens with zero attached hydrogens (tertiary/aromatic N) is 1. The summed E-state index contributed by atoms with van der Waals surface area (Å²) >= 11 is 5.93. The van der Waals surface area contributed by atoms with E-state index < -0.39 is 0 Å². The van der Waals surface area contributed by atoms with Crippen LogP contribution in [0.4, 0.5) is 5.69 Å². The quantitative estimate of drug-likeness (QED) is 0.617. The van der Waals surface area contributed by atoms with Gasteiger partial charge in [0.05, 0.1) is 5.69 Å². The third-order valence-electron chi connectivity index (χ3n) is 2.63. The zero-order chi connectivity index (χ0) is 12.7. The van der Waals surface area contributed by atoms with Gasteiger partial charge in [-0.05, 0) is 25.0 Å². The molecule has 0 aliphatic rings. The molecule has 0 atom stereocenters. The van der Waals surface area contributed by atoms with Gasteiger partial charge in [-0.3, -0.25) is 4.79 Å². The summed E-state index contributed by atoms with van der Waals surface area (Å²) in [7, 11) is 0. The van der Waals surface area contributed by atoms with Crippen LogP contribution in [0.15, 0.2) is 12.3 Å². The second-order valence-electron chi connectivity index (χ2n) is 4.15. The normalized spacial score (nSPS) is 10.3. The molecule has 0 saturated heterocycles. The number of carbonyl (C=O) groups is 1. The summed E-state index contributed by atoms with van der Waals surface area (Å²) in [6, 6.07) is 1.83. The predicted molar refractivity (Wildman–Crippen MR) is 71.4 cm³/mol. The Morgan fingerprint density at radius 2 is 2.18 bits per heavy atom. The van der Waals surface area contributed by atoms with Crippen molar-refractivity contribution in [3.8, 4) is 0 Å². The summed E-state index contributed by atoms with van der Waals surface area (Å²) in [6.45, 7) is 4.05. The molecule has 1 amide bonds. The number of hydrogen-bond donors (Lipinski definition) is 1. The Kier molecular flexibility index (Phi) is 5.98. The Hall–Kier alpha value is -1.09. The maximum atomic E-state index is 11.7. The van der Waals surface area contributed by atoms with Crippen LogP contribution in [0.1, 0.15) is 44.6 Å². The molecule has 0 fully saturated rings. The molecule has 0 aliphatic heterocycles. The fraction of sp³-hybridized carbons (Fsp3) is 0.538. The molecular weight excluding hydrogens is 236 g/mol. The van der Waals surface area contributed by atoms with Crippen LogP contribution in [-0.4, -0.2) is 10.9 Å². The van der Waals surface area contributed by atoms with Gasteiger partial charge in [0.25, 0.3) is 0 Å². The van der Waals surface area contributed by atoms with Gasteiger partial charge in [0.15, 0.2) is 5.15 Å². The zero-order valence-corrected chi connectivity index (χ0v) is 11.2. The molecule has 0 aromatic carbocycles. The van der Waals surface area contributed by atoms with Crippen molar-refractivity contribution in [2.45, 2.75) is 46.0 Å². The van der Waals surface area contributed by atoms with Crippen LogP contribution in [0.5, 0.6) is 0 Å². The van der Waals surface area contributed by atoms with Gasteiger partial charge in [-0.25, -0.2) is 4.98 Å². The average Bonchev–Trinajstić information content (AvgIpc) is 2.30. The third-order valence-corrected chi connectivity index (χ3v) is 2.92. The second kappa shape index (κ2) is 7.28. The first-order chi connectivity index (χ1) is 8.15. The zero-order valence-electron chi connectivity index (χ0n) is 10.4. The molecule has 1 aromatic rings. The molecule has 0 saturated carbocycles. The fourth-order valence-corrected chi connectivity index (χ4v) is 1.84. The van der Waals surface area contributed by atoms with Crippen molar-refractivity contribution >= 4 is 23.2 Å². The van der Waals surface area contributed by atoms with Gasteiger partial charge < -0.3 is 5.32 Å². The number of carbonyl (C=O) groups excluding carboxylic acids is 1. The fourth-order valence-electron chi connectivity index (χ4n) is 1.59. The number of unbranched alkanes of at least 4 members (excludes halogenated alkanes) is 3. The summed E-state index contributed by atoms with van der Waals surface area (Å²) in [6.07, 6.45) is 6.56. The minimum atomic E-state index is 0.0131. The molecule has 1 N–H and O–H groups in total. The van der Waals surface area contributed by atoms with Crippen molar-refractivity contribution in [3.63, 3.8) is 0 Å². The van der Waals surface area contributed by atoms with Crippen LogP contribution in [0.2, 0.25) is 5.15 Å². The number of amides is 1. The average molecular weight is 255 g/mol.